The number of hydrogen-bond acceptors (Lipinski definition) is 6. The Kier molecular flexibility index (Phi) is 6.73. The largest absolute Gasteiger partial charge is 0.478 e. The van der Waals surface area contributed by atoms with Crippen molar-refractivity contribution in [3.8, 4) is 0 Å². The van der Waals surface area contributed by atoms with E-state index in [9.17, 15) is 19.5 Å². The Hall–Kier alpha value is -4.66. The Morgan fingerprint density at radius 1 is 1.05 bits per heavy atom. The smallest absolute Gasteiger partial charge is 0.337 e. The fourth-order valence-corrected chi connectivity index (χ4v) is 6.01. The van der Waals surface area contributed by atoms with Crippen molar-refractivity contribution in [2.45, 2.75) is 46.4 Å². The Morgan fingerprint density at radius 3 is 2.37 bits per heavy atom. The molecule has 1 atom stereocenters. The molecule has 1 fully saturated rings. The number of aromatic nitrogens is 2. The number of hydrogen-bond donors (Lipinski definition) is 2. The first-order chi connectivity index (χ1) is 19.7. The fourth-order valence-electron chi connectivity index (χ4n) is 6.01. The molecule has 0 bridgehead atoms. The number of carboxylic acid groups (broad SMARTS) is 1. The standard InChI is InChI=1S/C32H33N5O4/c1-19-12-26(20(2)33-28-11-7-6-10-25(28)31(40)41)29-27(13-19)30(39)37(16-22-14-35(15-22)21(3)38)32(34-29)36-17-23-8-4-5-9-24(23)18-36/h4-13,20,22,33H,14-18H2,1-3H3,(H,40,41). The van der Waals surface area contributed by atoms with Gasteiger partial charge >= 0.3 is 5.97 Å². The van der Waals surface area contributed by atoms with Crippen LogP contribution in [-0.2, 0) is 24.4 Å². The van der Waals surface area contributed by atoms with Gasteiger partial charge in [0.2, 0.25) is 11.9 Å². The summed E-state index contributed by atoms with van der Waals surface area (Å²) in [5.41, 5.74) is 5.36. The number of carbonyl (C=O) groups excluding carboxylic acids is 1. The molecule has 1 saturated heterocycles. The molecular weight excluding hydrogens is 518 g/mol. The lowest BCUT2D eigenvalue weighted by atomic mass is 9.99. The Labute approximate surface area is 238 Å². The zero-order valence-electron chi connectivity index (χ0n) is 23.4. The van der Waals surface area contributed by atoms with E-state index in [1.165, 1.54) is 11.1 Å². The number of rotatable bonds is 7. The average molecular weight is 552 g/mol. The molecule has 1 unspecified atom stereocenters. The number of carbonyl (C=O) groups is 2. The SMILES string of the molecule is CC(=O)N1CC(Cn2c(N3Cc4ccccc4C3)nc3c(C(C)Nc4ccccc4C(=O)O)cc(C)cc3c2=O)C1. The number of nitrogens with zero attached hydrogens (tertiary/aromatic N) is 4. The van der Waals surface area contributed by atoms with E-state index in [1.54, 1.807) is 40.7 Å². The molecule has 3 aromatic carbocycles. The third kappa shape index (κ3) is 4.92. The van der Waals surface area contributed by atoms with E-state index in [0.717, 1.165) is 11.1 Å². The summed E-state index contributed by atoms with van der Waals surface area (Å²) in [4.78, 5) is 47.0. The lowest BCUT2D eigenvalue weighted by Crippen LogP contribution is -2.51. The highest BCUT2D eigenvalue weighted by molar-refractivity contribution is 5.94. The van der Waals surface area contributed by atoms with Crippen LogP contribution in [0.5, 0.6) is 0 Å². The zero-order chi connectivity index (χ0) is 28.8. The van der Waals surface area contributed by atoms with Crippen LogP contribution in [0.25, 0.3) is 10.9 Å². The van der Waals surface area contributed by atoms with Crippen LogP contribution in [0, 0.1) is 12.8 Å². The summed E-state index contributed by atoms with van der Waals surface area (Å²) in [5.74, 6) is -0.169. The molecule has 2 aliphatic heterocycles. The van der Waals surface area contributed by atoms with Gasteiger partial charge in [-0.15, -0.1) is 0 Å². The molecule has 0 spiro atoms. The number of aryl methyl sites for hydroxylation is 1. The van der Waals surface area contributed by atoms with Crippen molar-refractivity contribution in [2.24, 2.45) is 5.92 Å². The van der Waals surface area contributed by atoms with Crippen LogP contribution in [0.3, 0.4) is 0 Å². The first-order valence-corrected chi connectivity index (χ1v) is 13.9. The van der Waals surface area contributed by atoms with Gasteiger partial charge in [-0.3, -0.25) is 14.2 Å². The third-order valence-corrected chi connectivity index (χ3v) is 8.18. The second-order valence-corrected chi connectivity index (χ2v) is 11.2. The lowest BCUT2D eigenvalue weighted by molar-refractivity contribution is -0.135. The number of nitrogens with one attached hydrogen (secondary N) is 1. The molecule has 1 aromatic heterocycles. The highest BCUT2D eigenvalue weighted by atomic mass is 16.4. The van der Waals surface area contributed by atoms with Crippen molar-refractivity contribution in [1.29, 1.82) is 0 Å². The van der Waals surface area contributed by atoms with Gasteiger partial charge in [0.1, 0.15) is 0 Å². The molecular formula is C32H33N5O4. The van der Waals surface area contributed by atoms with Crippen molar-refractivity contribution in [2.75, 3.05) is 23.3 Å². The monoisotopic (exact) mass is 551 g/mol. The summed E-state index contributed by atoms with van der Waals surface area (Å²) in [6.07, 6.45) is 0. The summed E-state index contributed by atoms with van der Waals surface area (Å²) in [7, 11) is 0. The molecule has 4 aromatic rings. The Balaban J connectivity index is 1.45. The van der Waals surface area contributed by atoms with Gasteiger partial charge < -0.3 is 20.2 Å². The van der Waals surface area contributed by atoms with Crippen molar-refractivity contribution in [3.05, 3.63) is 98.8 Å². The number of para-hydroxylation sites is 1. The summed E-state index contributed by atoms with van der Waals surface area (Å²) in [6, 6.07) is 18.6. The van der Waals surface area contributed by atoms with Gasteiger partial charge in [0.15, 0.2) is 0 Å². The molecule has 2 N–H and O–H groups in total. The second kappa shape index (κ2) is 10.4. The highest BCUT2D eigenvalue weighted by Gasteiger charge is 2.32. The summed E-state index contributed by atoms with van der Waals surface area (Å²) in [6.45, 7) is 8.52. The maximum absolute atomic E-state index is 14.2. The van der Waals surface area contributed by atoms with Crippen molar-refractivity contribution in [1.82, 2.24) is 14.5 Å². The molecule has 0 radical (unpaired) electrons. The molecule has 210 valence electrons. The van der Waals surface area contributed by atoms with Crippen LogP contribution < -0.4 is 15.8 Å². The predicted molar refractivity (Wildman–Crippen MR) is 158 cm³/mol. The number of anilines is 2. The molecule has 0 saturated carbocycles. The van der Waals surface area contributed by atoms with E-state index in [2.05, 4.69) is 22.3 Å². The molecule has 0 aliphatic carbocycles. The molecule has 6 rings (SSSR count). The van der Waals surface area contributed by atoms with Crippen molar-refractivity contribution < 1.29 is 14.7 Å². The summed E-state index contributed by atoms with van der Waals surface area (Å²) >= 11 is 0. The number of aromatic carboxylic acids is 1. The minimum Gasteiger partial charge on any atom is -0.478 e. The van der Waals surface area contributed by atoms with E-state index in [4.69, 9.17) is 4.98 Å². The topological polar surface area (TPSA) is 108 Å². The lowest BCUT2D eigenvalue weighted by Gasteiger charge is -2.39. The Bertz CT molecular complexity index is 1720. The number of carboxylic acids is 1. The van der Waals surface area contributed by atoms with E-state index in [0.29, 0.717) is 55.3 Å². The quantitative estimate of drug-likeness (QED) is 0.346. The number of likely N-dealkylation sites (tertiary alicyclic amines) is 1. The predicted octanol–water partition coefficient (Wildman–Crippen LogP) is 4.57. The van der Waals surface area contributed by atoms with Crippen LogP contribution in [-0.4, -0.2) is 44.5 Å². The highest BCUT2D eigenvalue weighted by Crippen LogP contribution is 2.32. The van der Waals surface area contributed by atoms with Gasteiger partial charge in [-0.05, 0) is 48.7 Å². The molecule has 41 heavy (non-hydrogen) atoms. The van der Waals surface area contributed by atoms with E-state index < -0.39 is 5.97 Å². The summed E-state index contributed by atoms with van der Waals surface area (Å²) in [5, 5.41) is 13.6. The Morgan fingerprint density at radius 2 is 1.71 bits per heavy atom. The van der Waals surface area contributed by atoms with E-state index in [1.807, 2.05) is 38.1 Å². The van der Waals surface area contributed by atoms with Gasteiger partial charge in [-0.25, -0.2) is 9.78 Å². The van der Waals surface area contributed by atoms with Gasteiger partial charge in [0, 0.05) is 56.8 Å². The molecule has 3 heterocycles. The molecule has 9 heteroatoms. The van der Waals surface area contributed by atoms with E-state index in [-0.39, 0.29) is 29.0 Å². The number of fused-ring (bicyclic) bond motifs is 2. The van der Waals surface area contributed by atoms with Crippen LogP contribution in [0.1, 0.15) is 52.5 Å². The molecule has 1 amide bonds. The first-order valence-electron chi connectivity index (χ1n) is 13.9. The number of benzene rings is 3. The average Bonchev–Trinajstić information content (AvgIpc) is 3.35. The minimum atomic E-state index is -1.01. The van der Waals surface area contributed by atoms with Crippen LogP contribution in [0.4, 0.5) is 11.6 Å². The number of amides is 1. The zero-order valence-corrected chi connectivity index (χ0v) is 23.4. The van der Waals surface area contributed by atoms with Gasteiger partial charge in [-0.2, -0.15) is 0 Å². The fraction of sp³-hybridized carbons (Fsp3) is 0.312. The van der Waals surface area contributed by atoms with Gasteiger partial charge in [0.05, 0.1) is 22.5 Å². The molecule has 2 aliphatic rings. The molecule has 9 nitrogen and oxygen atoms in total. The first kappa shape index (κ1) is 26.6. The van der Waals surface area contributed by atoms with Crippen LogP contribution in [0.2, 0.25) is 0 Å². The maximum atomic E-state index is 14.2. The van der Waals surface area contributed by atoms with Crippen molar-refractivity contribution in [3.63, 3.8) is 0 Å². The van der Waals surface area contributed by atoms with Crippen molar-refractivity contribution >= 4 is 34.4 Å². The van der Waals surface area contributed by atoms with Crippen LogP contribution in [0.15, 0.2) is 65.5 Å². The van der Waals surface area contributed by atoms with Gasteiger partial charge in [0.25, 0.3) is 5.56 Å². The second-order valence-electron chi connectivity index (χ2n) is 11.2. The third-order valence-electron chi connectivity index (χ3n) is 8.18. The maximum Gasteiger partial charge on any atom is 0.337 e. The summed E-state index contributed by atoms with van der Waals surface area (Å²) < 4.78 is 1.79. The minimum absolute atomic E-state index is 0.0478. The van der Waals surface area contributed by atoms with E-state index >= 15 is 0 Å². The normalized spacial score (nSPS) is 15.5. The van der Waals surface area contributed by atoms with Gasteiger partial charge in [-0.1, -0.05) is 42.5 Å². The van der Waals surface area contributed by atoms with Crippen LogP contribution >= 0.6 is 0 Å².